The van der Waals surface area contributed by atoms with Gasteiger partial charge in [0.15, 0.2) is 5.82 Å². The van der Waals surface area contributed by atoms with Crippen LogP contribution in [0.3, 0.4) is 0 Å². The zero-order chi connectivity index (χ0) is 29.9. The lowest BCUT2D eigenvalue weighted by Gasteiger charge is -2.36. The van der Waals surface area contributed by atoms with Gasteiger partial charge in [-0.3, -0.25) is 5.01 Å². The van der Waals surface area contributed by atoms with E-state index in [9.17, 15) is 4.79 Å². The molecule has 3 aromatic rings. The summed E-state index contributed by atoms with van der Waals surface area (Å²) in [5.74, 6) is 2.52. The fraction of sp³-hybridized carbons (Fsp3) is 0.345. The van der Waals surface area contributed by atoms with Crippen molar-refractivity contribution in [1.82, 2.24) is 24.9 Å². The number of benzene rings is 1. The van der Waals surface area contributed by atoms with Gasteiger partial charge in [-0.05, 0) is 80.0 Å². The maximum Gasteiger partial charge on any atom is 0.410 e. The minimum Gasteiger partial charge on any atom is -0.456 e. The topological polar surface area (TPSA) is 108 Å². The number of carbonyl (C=O) groups is 1. The van der Waals surface area contributed by atoms with Gasteiger partial charge in [0.05, 0.1) is 21.6 Å². The number of hydrogen-bond donors (Lipinski definition) is 1. The predicted molar refractivity (Wildman–Crippen MR) is 169 cm³/mol. The number of halogens is 2. The lowest BCUT2D eigenvalue weighted by atomic mass is 10.2. The van der Waals surface area contributed by atoms with Crippen LogP contribution in [-0.4, -0.2) is 75.5 Å². The highest BCUT2D eigenvalue weighted by Gasteiger charge is 2.27. The van der Waals surface area contributed by atoms with Crippen LogP contribution in [0.4, 0.5) is 22.1 Å². The van der Waals surface area contributed by atoms with Crippen molar-refractivity contribution in [2.45, 2.75) is 33.3 Å². The second-order valence-electron chi connectivity index (χ2n) is 10.6. The maximum atomic E-state index is 12.5. The van der Waals surface area contributed by atoms with E-state index in [1.54, 1.807) is 28.3 Å². The van der Waals surface area contributed by atoms with Gasteiger partial charge in [0.1, 0.15) is 34.8 Å². The van der Waals surface area contributed by atoms with Crippen LogP contribution in [0.15, 0.2) is 64.3 Å². The standard InChI is InChI=1S/C29H32BrClN8O3/c1-5-34-39-10-8-20(9-11-39)41-24-7-6-19(16-22(24)31)35-26-25-23(32-18-33-26)17-21(30)27(36-25)37-12-14-38(15-13-37)28(40)42-29(2,3)4/h5-10,16-18H,11-15H2,1-4H3,(H,32,33,35)/b34-5-. The molecule has 1 fully saturated rings. The van der Waals surface area contributed by atoms with Crippen molar-refractivity contribution in [2.75, 3.05) is 42.9 Å². The Morgan fingerprint density at radius 1 is 1.17 bits per heavy atom. The monoisotopic (exact) mass is 654 g/mol. The number of hydrazone groups is 1. The van der Waals surface area contributed by atoms with Crippen LogP contribution in [0, 0.1) is 0 Å². The first-order valence-corrected chi connectivity index (χ1v) is 14.7. The molecular weight excluding hydrogens is 624 g/mol. The largest absolute Gasteiger partial charge is 0.456 e. The summed E-state index contributed by atoms with van der Waals surface area (Å²) in [5.41, 5.74) is 1.48. The fourth-order valence-corrected chi connectivity index (χ4v) is 5.17. The van der Waals surface area contributed by atoms with Gasteiger partial charge in [-0.1, -0.05) is 11.6 Å². The summed E-state index contributed by atoms with van der Waals surface area (Å²) in [7, 11) is 0. The number of pyridine rings is 1. The smallest absolute Gasteiger partial charge is 0.410 e. The third-order valence-corrected chi connectivity index (χ3v) is 7.23. The van der Waals surface area contributed by atoms with Crippen molar-refractivity contribution in [2.24, 2.45) is 5.10 Å². The predicted octanol–water partition coefficient (Wildman–Crippen LogP) is 6.34. The Labute approximate surface area is 258 Å². The number of allylic oxidation sites excluding steroid dienone is 1. The number of nitrogens with zero attached hydrogens (tertiary/aromatic N) is 7. The highest BCUT2D eigenvalue weighted by molar-refractivity contribution is 9.10. The van der Waals surface area contributed by atoms with Crippen molar-refractivity contribution < 1.29 is 14.3 Å². The van der Waals surface area contributed by atoms with Crippen molar-refractivity contribution in [3.63, 3.8) is 0 Å². The van der Waals surface area contributed by atoms with E-state index >= 15 is 0 Å². The fourth-order valence-electron chi connectivity index (χ4n) is 4.40. The van der Waals surface area contributed by atoms with E-state index in [0.29, 0.717) is 66.1 Å². The number of anilines is 3. The Morgan fingerprint density at radius 2 is 1.95 bits per heavy atom. The minimum atomic E-state index is -0.533. The van der Waals surface area contributed by atoms with Crippen LogP contribution >= 0.6 is 27.5 Å². The molecule has 5 rings (SSSR count). The Kier molecular flexibility index (Phi) is 8.83. The molecule has 0 atom stereocenters. The Balaban J connectivity index is 1.30. The van der Waals surface area contributed by atoms with Crippen LogP contribution in [0.2, 0.25) is 5.02 Å². The SMILES string of the molecule is C/C=N\N1C=CC(Oc2ccc(Nc3ncnc4cc(Br)c(N5CCN(C(=O)OC(C)(C)C)CC5)nc34)cc2Cl)=CC1. The highest BCUT2D eigenvalue weighted by atomic mass is 79.9. The molecule has 11 nitrogen and oxygen atoms in total. The number of nitrogens with one attached hydrogen (secondary N) is 1. The van der Waals surface area contributed by atoms with Crippen molar-refractivity contribution in [3.8, 4) is 5.75 Å². The zero-order valence-electron chi connectivity index (χ0n) is 23.8. The molecule has 220 valence electrons. The van der Waals surface area contributed by atoms with Gasteiger partial charge >= 0.3 is 6.09 Å². The molecule has 1 amide bonds. The Bertz CT molecular complexity index is 1560. The Hall–Kier alpha value is -3.90. The molecule has 0 spiro atoms. The first-order chi connectivity index (χ1) is 20.1. The molecule has 1 saturated heterocycles. The van der Waals surface area contributed by atoms with E-state index in [4.69, 9.17) is 26.1 Å². The number of ether oxygens (including phenoxy) is 2. The van der Waals surface area contributed by atoms with E-state index in [1.165, 1.54) is 6.33 Å². The number of amides is 1. The van der Waals surface area contributed by atoms with Crippen molar-refractivity contribution in [1.29, 1.82) is 0 Å². The molecule has 42 heavy (non-hydrogen) atoms. The van der Waals surface area contributed by atoms with Crippen LogP contribution < -0.4 is 15.0 Å². The van der Waals surface area contributed by atoms with E-state index in [0.717, 1.165) is 16.0 Å². The summed E-state index contributed by atoms with van der Waals surface area (Å²) in [4.78, 5) is 30.2. The van der Waals surface area contributed by atoms with E-state index in [2.05, 4.69) is 41.2 Å². The maximum absolute atomic E-state index is 12.5. The molecule has 0 radical (unpaired) electrons. The number of rotatable bonds is 6. The summed E-state index contributed by atoms with van der Waals surface area (Å²) < 4.78 is 12.3. The van der Waals surface area contributed by atoms with Gasteiger partial charge in [-0.2, -0.15) is 5.10 Å². The van der Waals surface area contributed by atoms with Crippen LogP contribution in [-0.2, 0) is 4.74 Å². The first kappa shape index (κ1) is 29.6. The molecule has 2 aliphatic rings. The molecule has 0 bridgehead atoms. The molecule has 4 heterocycles. The van der Waals surface area contributed by atoms with E-state index < -0.39 is 5.60 Å². The number of carbonyl (C=O) groups excluding carboxylic acids is 1. The van der Waals surface area contributed by atoms with E-state index in [-0.39, 0.29) is 6.09 Å². The van der Waals surface area contributed by atoms with Gasteiger partial charge in [0.25, 0.3) is 0 Å². The number of aromatic nitrogens is 3. The first-order valence-electron chi connectivity index (χ1n) is 13.5. The molecule has 1 N–H and O–H groups in total. The summed E-state index contributed by atoms with van der Waals surface area (Å²) in [5, 5.41) is 9.79. The lowest BCUT2D eigenvalue weighted by molar-refractivity contribution is 0.0240. The second-order valence-corrected chi connectivity index (χ2v) is 11.9. The molecule has 0 saturated carbocycles. The van der Waals surface area contributed by atoms with Crippen LogP contribution in [0.1, 0.15) is 27.7 Å². The third-order valence-electron chi connectivity index (χ3n) is 6.35. The summed E-state index contributed by atoms with van der Waals surface area (Å²) in [6.45, 7) is 10.4. The average molecular weight is 656 g/mol. The van der Waals surface area contributed by atoms with Gasteiger partial charge in [-0.15, -0.1) is 0 Å². The molecular formula is C29H32BrClN8O3. The van der Waals surface area contributed by atoms with E-state index in [1.807, 2.05) is 58.2 Å². The summed E-state index contributed by atoms with van der Waals surface area (Å²) in [6, 6.07) is 7.37. The zero-order valence-corrected chi connectivity index (χ0v) is 26.2. The number of hydrogen-bond acceptors (Lipinski definition) is 10. The number of piperazine rings is 1. The molecule has 2 aromatic heterocycles. The van der Waals surface area contributed by atoms with Gasteiger partial charge in [0, 0.05) is 44.3 Å². The van der Waals surface area contributed by atoms with Crippen LogP contribution in [0.5, 0.6) is 5.75 Å². The third kappa shape index (κ3) is 7.11. The molecule has 0 unspecified atom stereocenters. The molecule has 13 heteroatoms. The minimum absolute atomic E-state index is 0.303. The van der Waals surface area contributed by atoms with Crippen molar-refractivity contribution in [3.05, 3.63) is 64.2 Å². The van der Waals surface area contributed by atoms with Crippen LogP contribution in [0.25, 0.3) is 11.0 Å². The Morgan fingerprint density at radius 3 is 2.62 bits per heavy atom. The van der Waals surface area contributed by atoms with Gasteiger partial charge in [0.2, 0.25) is 0 Å². The normalized spacial score (nSPS) is 15.8. The van der Waals surface area contributed by atoms with Gasteiger partial charge in [-0.25, -0.2) is 19.7 Å². The summed E-state index contributed by atoms with van der Waals surface area (Å²) in [6.07, 6.45) is 8.54. The molecule has 2 aliphatic heterocycles. The quantitative estimate of drug-likeness (QED) is 0.305. The second kappa shape index (κ2) is 12.5. The number of fused-ring (bicyclic) bond motifs is 1. The van der Waals surface area contributed by atoms with Crippen molar-refractivity contribution >= 4 is 68.2 Å². The summed E-state index contributed by atoms with van der Waals surface area (Å²) >= 11 is 10.2. The lowest BCUT2D eigenvalue weighted by Crippen LogP contribution is -2.50. The van der Waals surface area contributed by atoms with Gasteiger partial charge < -0.3 is 24.6 Å². The molecule has 0 aliphatic carbocycles. The average Bonchev–Trinajstić information content (AvgIpc) is 2.95. The molecule has 1 aromatic carbocycles. The highest BCUT2D eigenvalue weighted by Crippen LogP contribution is 2.34.